The Balaban J connectivity index is 2.34. The van der Waals surface area contributed by atoms with E-state index >= 15 is 0 Å². The lowest BCUT2D eigenvalue weighted by Crippen LogP contribution is -2.35. The molecule has 0 saturated carbocycles. The third-order valence-corrected chi connectivity index (χ3v) is 2.62. The summed E-state index contributed by atoms with van der Waals surface area (Å²) in [6, 6.07) is 1.27. The van der Waals surface area contributed by atoms with Gasteiger partial charge in [0.15, 0.2) is 0 Å². The highest BCUT2D eigenvalue weighted by atomic mass is 19.3. The van der Waals surface area contributed by atoms with E-state index < -0.39 is 37.0 Å². The van der Waals surface area contributed by atoms with Gasteiger partial charge in [0.25, 0.3) is 5.92 Å². The molecule has 1 saturated heterocycles. The van der Waals surface area contributed by atoms with Crippen molar-refractivity contribution < 1.29 is 18.6 Å². The number of halogens is 2. The molecule has 0 radical (unpaired) electrons. The van der Waals surface area contributed by atoms with E-state index in [1.807, 2.05) is 0 Å². The second kappa shape index (κ2) is 4.59. The Morgan fingerprint density at radius 2 is 2.44 bits per heavy atom. The molecule has 1 unspecified atom stereocenters. The lowest BCUT2D eigenvalue weighted by atomic mass is 10.2. The van der Waals surface area contributed by atoms with Gasteiger partial charge >= 0.3 is 5.69 Å². The number of ether oxygens (including phenoxy) is 1. The molecule has 1 aromatic rings. The lowest BCUT2D eigenvalue weighted by molar-refractivity contribution is -0.120. The van der Waals surface area contributed by atoms with E-state index in [-0.39, 0.29) is 5.82 Å². The molecule has 0 aromatic carbocycles. The third-order valence-electron chi connectivity index (χ3n) is 2.62. The second-order valence-corrected chi connectivity index (χ2v) is 3.91. The number of hydrazine groups is 1. The third kappa shape index (κ3) is 2.19. The first-order valence-corrected chi connectivity index (χ1v) is 5.18. The molecule has 2 heterocycles. The predicted molar refractivity (Wildman–Crippen MR) is 56.9 cm³/mol. The van der Waals surface area contributed by atoms with Crippen molar-refractivity contribution in [1.82, 2.24) is 9.55 Å². The quantitative estimate of drug-likeness (QED) is 0.498. The number of rotatable bonds is 3. The summed E-state index contributed by atoms with van der Waals surface area (Å²) in [7, 11) is 0. The normalized spacial score (nSPS) is 26.2. The number of aliphatic hydroxyl groups excluding tert-OH is 1. The number of aliphatic hydroxyl groups is 1. The first-order chi connectivity index (χ1) is 8.47. The number of nitrogen functional groups attached to an aromatic ring is 1. The largest absolute Gasteiger partial charge is 0.394 e. The highest BCUT2D eigenvalue weighted by Gasteiger charge is 2.51. The van der Waals surface area contributed by atoms with E-state index in [1.165, 1.54) is 6.07 Å². The molecule has 1 aliphatic rings. The average molecular weight is 262 g/mol. The molecule has 1 aromatic heterocycles. The number of nitrogens with two attached hydrogens (primary N) is 1. The molecular weight excluding hydrogens is 250 g/mol. The van der Waals surface area contributed by atoms with Crippen molar-refractivity contribution in [2.24, 2.45) is 5.84 Å². The number of aromatic nitrogens is 2. The molecule has 9 heteroatoms. The predicted octanol–water partition coefficient (Wildman–Crippen LogP) is -0.556. The minimum Gasteiger partial charge on any atom is -0.394 e. The number of anilines is 1. The van der Waals surface area contributed by atoms with Gasteiger partial charge in [-0.3, -0.25) is 4.57 Å². The van der Waals surface area contributed by atoms with Crippen LogP contribution < -0.4 is 17.0 Å². The highest BCUT2D eigenvalue weighted by molar-refractivity contribution is 5.29. The zero-order chi connectivity index (χ0) is 13.3. The Hall–Kier alpha value is -1.58. The maximum Gasteiger partial charge on any atom is 0.351 e. The zero-order valence-electron chi connectivity index (χ0n) is 9.22. The van der Waals surface area contributed by atoms with E-state index in [0.717, 1.165) is 6.20 Å². The van der Waals surface area contributed by atoms with E-state index in [4.69, 9.17) is 15.7 Å². The highest BCUT2D eigenvalue weighted by Crippen LogP contribution is 2.41. The standard InChI is InChI=1S/C9H12F2N4O3/c10-9(11)3-5(4-16)18-7(9)15-2-1-6(14-12)13-8(15)17/h1-2,5,7,16H,3-4,12H2,(H,13,14,17)/t5-,7?/m0/s1. The molecule has 18 heavy (non-hydrogen) atoms. The van der Waals surface area contributed by atoms with Crippen molar-refractivity contribution in [3.63, 3.8) is 0 Å². The molecule has 100 valence electrons. The summed E-state index contributed by atoms with van der Waals surface area (Å²) < 4.78 is 32.9. The minimum atomic E-state index is -3.24. The van der Waals surface area contributed by atoms with Crippen LogP contribution in [0.25, 0.3) is 0 Å². The van der Waals surface area contributed by atoms with Crippen molar-refractivity contribution in [2.75, 3.05) is 12.0 Å². The summed E-state index contributed by atoms with van der Waals surface area (Å²) in [4.78, 5) is 15.0. The van der Waals surface area contributed by atoms with E-state index in [2.05, 4.69) is 10.4 Å². The molecule has 0 spiro atoms. The molecule has 0 amide bonds. The van der Waals surface area contributed by atoms with Gasteiger partial charge in [-0.2, -0.15) is 4.98 Å². The van der Waals surface area contributed by atoms with Crippen molar-refractivity contribution in [3.05, 3.63) is 22.7 Å². The van der Waals surface area contributed by atoms with Gasteiger partial charge in [0.05, 0.1) is 12.7 Å². The van der Waals surface area contributed by atoms with E-state index in [9.17, 15) is 13.6 Å². The fourth-order valence-corrected chi connectivity index (χ4v) is 1.78. The van der Waals surface area contributed by atoms with Crippen molar-refractivity contribution in [1.29, 1.82) is 0 Å². The van der Waals surface area contributed by atoms with Crippen LogP contribution in [0.2, 0.25) is 0 Å². The van der Waals surface area contributed by atoms with Crippen molar-refractivity contribution in [3.8, 4) is 0 Å². The second-order valence-electron chi connectivity index (χ2n) is 3.91. The number of nitrogens with zero attached hydrogens (tertiary/aromatic N) is 2. The van der Waals surface area contributed by atoms with Gasteiger partial charge in [0.2, 0.25) is 6.23 Å². The van der Waals surface area contributed by atoms with Crippen LogP contribution in [0.1, 0.15) is 12.6 Å². The number of nitrogens with one attached hydrogen (secondary N) is 1. The Bertz CT molecular complexity index is 493. The average Bonchev–Trinajstić information content (AvgIpc) is 2.64. The van der Waals surface area contributed by atoms with Gasteiger partial charge in [0, 0.05) is 12.6 Å². The van der Waals surface area contributed by atoms with Crippen LogP contribution in [-0.2, 0) is 4.74 Å². The maximum absolute atomic E-state index is 13.6. The Morgan fingerprint density at radius 1 is 1.72 bits per heavy atom. The molecule has 2 rings (SSSR count). The summed E-state index contributed by atoms with van der Waals surface area (Å²) in [6.45, 7) is -0.531. The van der Waals surface area contributed by atoms with E-state index in [0.29, 0.717) is 4.57 Å². The lowest BCUT2D eigenvalue weighted by Gasteiger charge is -2.19. The van der Waals surface area contributed by atoms with E-state index in [1.54, 1.807) is 0 Å². The molecular formula is C9H12F2N4O3. The minimum absolute atomic E-state index is 0.0660. The Labute approximate surface area is 100 Å². The number of hydrogen-bond acceptors (Lipinski definition) is 6. The van der Waals surface area contributed by atoms with Gasteiger partial charge in [-0.05, 0) is 6.07 Å². The van der Waals surface area contributed by atoms with Crippen LogP contribution in [-0.4, -0.2) is 33.3 Å². The van der Waals surface area contributed by atoms with Crippen LogP contribution >= 0.6 is 0 Å². The van der Waals surface area contributed by atoms with Crippen molar-refractivity contribution >= 4 is 5.82 Å². The molecule has 1 aliphatic heterocycles. The summed E-state index contributed by atoms with van der Waals surface area (Å²) in [5.74, 6) is 1.87. The zero-order valence-corrected chi connectivity index (χ0v) is 9.22. The topological polar surface area (TPSA) is 102 Å². The first kappa shape index (κ1) is 12.9. The number of alkyl halides is 2. The van der Waals surface area contributed by atoms with Gasteiger partial charge in [-0.15, -0.1) is 0 Å². The molecule has 4 N–H and O–H groups in total. The smallest absolute Gasteiger partial charge is 0.351 e. The van der Waals surface area contributed by atoms with Gasteiger partial charge in [-0.1, -0.05) is 0 Å². The molecule has 0 bridgehead atoms. The Kier molecular flexibility index (Phi) is 3.28. The summed E-state index contributed by atoms with van der Waals surface area (Å²) in [5, 5.41) is 8.83. The van der Waals surface area contributed by atoms with Crippen LogP contribution in [0, 0.1) is 0 Å². The number of hydrogen-bond donors (Lipinski definition) is 3. The first-order valence-electron chi connectivity index (χ1n) is 5.18. The maximum atomic E-state index is 13.6. The molecule has 7 nitrogen and oxygen atoms in total. The molecule has 0 aliphatic carbocycles. The summed E-state index contributed by atoms with van der Waals surface area (Å²) in [6.07, 6.45) is -2.29. The van der Waals surface area contributed by atoms with Gasteiger partial charge in [-0.25, -0.2) is 19.4 Å². The molecule has 2 atom stereocenters. The monoisotopic (exact) mass is 262 g/mol. The van der Waals surface area contributed by atoms with Crippen LogP contribution in [0.4, 0.5) is 14.6 Å². The summed E-state index contributed by atoms with van der Waals surface area (Å²) in [5.41, 5.74) is 1.22. The Morgan fingerprint density at radius 3 is 2.94 bits per heavy atom. The van der Waals surface area contributed by atoms with Crippen LogP contribution in [0.5, 0.6) is 0 Å². The molecule has 1 fully saturated rings. The fraction of sp³-hybridized carbons (Fsp3) is 0.556. The fourth-order valence-electron chi connectivity index (χ4n) is 1.78. The van der Waals surface area contributed by atoms with Crippen LogP contribution in [0.15, 0.2) is 17.1 Å². The summed E-state index contributed by atoms with van der Waals surface area (Å²) >= 11 is 0. The van der Waals surface area contributed by atoms with Gasteiger partial charge in [0.1, 0.15) is 5.82 Å². The van der Waals surface area contributed by atoms with Crippen LogP contribution in [0.3, 0.4) is 0 Å². The van der Waals surface area contributed by atoms with Gasteiger partial charge < -0.3 is 15.3 Å². The SMILES string of the molecule is NNc1ccn(C2O[C@H](CO)CC2(F)F)c(=O)n1. The van der Waals surface area contributed by atoms with Crippen molar-refractivity contribution in [2.45, 2.75) is 24.7 Å².